The molecule has 0 bridgehead atoms. The number of ether oxygens (including phenoxy) is 2. The molecule has 0 aliphatic rings. The van der Waals surface area contributed by atoms with Gasteiger partial charge in [0, 0.05) is 29.9 Å². The van der Waals surface area contributed by atoms with E-state index in [0.29, 0.717) is 19.0 Å². The number of fused-ring (bicyclic) bond motifs is 1. The second kappa shape index (κ2) is 6.15. The molecule has 0 aliphatic heterocycles. The zero-order chi connectivity index (χ0) is 14.7. The molecule has 110 valence electrons. The van der Waals surface area contributed by atoms with Gasteiger partial charge in [-0.2, -0.15) is 4.98 Å². The lowest BCUT2D eigenvalue weighted by molar-refractivity contribution is 0.185. The molecule has 0 unspecified atom stereocenters. The lowest BCUT2D eigenvalue weighted by Gasteiger charge is -2.11. The van der Waals surface area contributed by atoms with Crippen molar-refractivity contribution in [1.82, 2.24) is 9.38 Å². The topological polar surface area (TPSA) is 47.8 Å². The summed E-state index contributed by atoms with van der Waals surface area (Å²) in [4.78, 5) is 5.40. The van der Waals surface area contributed by atoms with Gasteiger partial charge in [-0.15, -0.1) is 11.3 Å². The number of aromatic nitrogens is 2. The molecule has 3 rings (SSSR count). The molecule has 0 fully saturated rings. The smallest absolute Gasteiger partial charge is 0.238 e. The SMILES string of the molecule is COCc1ccccc1NCc1c(OC)nc2sccn12. The van der Waals surface area contributed by atoms with Crippen LogP contribution < -0.4 is 10.1 Å². The van der Waals surface area contributed by atoms with Crippen LogP contribution in [-0.4, -0.2) is 23.6 Å². The summed E-state index contributed by atoms with van der Waals surface area (Å²) in [6.45, 7) is 1.22. The number of anilines is 1. The molecule has 21 heavy (non-hydrogen) atoms. The average Bonchev–Trinajstić information content (AvgIpc) is 3.07. The molecule has 0 saturated heterocycles. The van der Waals surface area contributed by atoms with Gasteiger partial charge in [-0.1, -0.05) is 18.2 Å². The van der Waals surface area contributed by atoms with Gasteiger partial charge in [-0.05, 0) is 6.07 Å². The number of hydrogen-bond donors (Lipinski definition) is 1. The van der Waals surface area contributed by atoms with Gasteiger partial charge in [-0.25, -0.2) is 0 Å². The molecule has 0 radical (unpaired) electrons. The number of imidazole rings is 1. The normalized spacial score (nSPS) is 11.0. The summed E-state index contributed by atoms with van der Waals surface area (Å²) in [5.41, 5.74) is 3.21. The third-order valence-corrected chi connectivity index (χ3v) is 4.04. The van der Waals surface area contributed by atoms with Crippen LogP contribution in [0, 0.1) is 0 Å². The highest BCUT2D eigenvalue weighted by molar-refractivity contribution is 7.15. The van der Waals surface area contributed by atoms with Crippen molar-refractivity contribution >= 4 is 22.0 Å². The Hall–Kier alpha value is -2.05. The molecule has 1 N–H and O–H groups in total. The Morgan fingerprint density at radius 1 is 1.29 bits per heavy atom. The molecule has 0 spiro atoms. The van der Waals surface area contributed by atoms with E-state index in [2.05, 4.69) is 20.8 Å². The van der Waals surface area contributed by atoms with Gasteiger partial charge in [0.25, 0.3) is 0 Å². The molecule has 1 aromatic carbocycles. The van der Waals surface area contributed by atoms with Crippen molar-refractivity contribution < 1.29 is 9.47 Å². The van der Waals surface area contributed by atoms with Crippen molar-refractivity contribution in [2.45, 2.75) is 13.2 Å². The summed E-state index contributed by atoms with van der Waals surface area (Å²) in [7, 11) is 3.35. The van der Waals surface area contributed by atoms with E-state index in [1.165, 1.54) is 0 Å². The Balaban J connectivity index is 1.84. The van der Waals surface area contributed by atoms with E-state index in [0.717, 1.165) is 21.9 Å². The molecule has 2 aromatic heterocycles. The van der Waals surface area contributed by atoms with Crippen LogP contribution in [0.2, 0.25) is 0 Å². The lowest BCUT2D eigenvalue weighted by atomic mass is 10.2. The summed E-state index contributed by atoms with van der Waals surface area (Å²) < 4.78 is 12.6. The van der Waals surface area contributed by atoms with Crippen LogP contribution in [0.3, 0.4) is 0 Å². The van der Waals surface area contributed by atoms with Crippen LogP contribution in [0.5, 0.6) is 5.88 Å². The minimum atomic E-state index is 0.584. The first kappa shape index (κ1) is 13.9. The predicted octanol–water partition coefficient (Wildman–Crippen LogP) is 3.16. The fourth-order valence-electron chi connectivity index (χ4n) is 2.29. The number of nitrogens with zero attached hydrogens (tertiary/aromatic N) is 2. The lowest BCUT2D eigenvalue weighted by Crippen LogP contribution is -2.06. The van der Waals surface area contributed by atoms with Gasteiger partial charge in [-0.3, -0.25) is 4.40 Å². The van der Waals surface area contributed by atoms with E-state index in [9.17, 15) is 0 Å². The highest BCUT2D eigenvalue weighted by Gasteiger charge is 2.13. The highest BCUT2D eigenvalue weighted by atomic mass is 32.1. The van der Waals surface area contributed by atoms with Crippen molar-refractivity contribution in [3.05, 3.63) is 47.1 Å². The molecule has 0 atom stereocenters. The number of thiazole rings is 1. The summed E-state index contributed by atoms with van der Waals surface area (Å²) in [5.74, 6) is 0.665. The standard InChI is InChI=1S/C15H17N3O2S/c1-19-10-11-5-3-4-6-12(11)16-9-13-14(20-2)17-15-18(13)7-8-21-15/h3-8,16H,9-10H2,1-2H3. The largest absolute Gasteiger partial charge is 0.480 e. The molecule has 0 saturated carbocycles. The Morgan fingerprint density at radius 2 is 2.14 bits per heavy atom. The first-order valence-electron chi connectivity index (χ1n) is 6.62. The second-order valence-corrected chi connectivity index (χ2v) is 5.44. The summed E-state index contributed by atoms with van der Waals surface area (Å²) in [5, 5.41) is 5.46. The Morgan fingerprint density at radius 3 is 2.95 bits per heavy atom. The van der Waals surface area contributed by atoms with Crippen molar-refractivity contribution in [2.75, 3.05) is 19.5 Å². The first-order chi connectivity index (χ1) is 10.3. The Labute approximate surface area is 127 Å². The molecular formula is C15H17N3O2S. The van der Waals surface area contributed by atoms with Gasteiger partial charge < -0.3 is 14.8 Å². The van der Waals surface area contributed by atoms with Gasteiger partial charge in [0.1, 0.15) is 5.69 Å². The van der Waals surface area contributed by atoms with Crippen LogP contribution in [0.15, 0.2) is 35.8 Å². The number of methoxy groups -OCH3 is 2. The molecule has 0 amide bonds. The second-order valence-electron chi connectivity index (χ2n) is 4.57. The number of benzene rings is 1. The zero-order valence-corrected chi connectivity index (χ0v) is 12.8. The third kappa shape index (κ3) is 2.72. The maximum absolute atomic E-state index is 5.36. The third-order valence-electron chi connectivity index (χ3n) is 3.28. The average molecular weight is 303 g/mol. The summed E-state index contributed by atoms with van der Waals surface area (Å²) >= 11 is 1.59. The molecule has 2 heterocycles. The molecule has 3 aromatic rings. The molecule has 5 nitrogen and oxygen atoms in total. The van der Waals surface area contributed by atoms with Crippen molar-refractivity contribution in [3.63, 3.8) is 0 Å². The summed E-state index contributed by atoms with van der Waals surface area (Å²) in [6, 6.07) is 8.12. The number of nitrogens with one attached hydrogen (secondary N) is 1. The zero-order valence-electron chi connectivity index (χ0n) is 12.0. The Kier molecular flexibility index (Phi) is 4.08. The summed E-state index contributed by atoms with van der Waals surface area (Å²) in [6.07, 6.45) is 2.01. The van der Waals surface area contributed by atoms with Crippen molar-refractivity contribution in [2.24, 2.45) is 0 Å². The van der Waals surface area contributed by atoms with E-state index in [1.54, 1.807) is 25.6 Å². The van der Waals surface area contributed by atoms with Crippen LogP contribution in [0.25, 0.3) is 4.96 Å². The monoisotopic (exact) mass is 303 g/mol. The van der Waals surface area contributed by atoms with Crippen LogP contribution in [-0.2, 0) is 17.9 Å². The van der Waals surface area contributed by atoms with E-state index < -0.39 is 0 Å². The van der Waals surface area contributed by atoms with Crippen LogP contribution in [0.1, 0.15) is 11.3 Å². The van der Waals surface area contributed by atoms with Crippen molar-refractivity contribution in [3.8, 4) is 5.88 Å². The molecule has 0 aliphatic carbocycles. The van der Waals surface area contributed by atoms with Gasteiger partial charge in [0.2, 0.25) is 5.88 Å². The fourth-order valence-corrected chi connectivity index (χ4v) is 3.01. The number of rotatable bonds is 6. The molecule has 6 heteroatoms. The minimum Gasteiger partial charge on any atom is -0.480 e. The highest BCUT2D eigenvalue weighted by Crippen LogP contribution is 2.25. The van der Waals surface area contributed by atoms with Crippen molar-refractivity contribution in [1.29, 1.82) is 0 Å². The van der Waals surface area contributed by atoms with Crippen LogP contribution in [0.4, 0.5) is 5.69 Å². The Bertz CT molecular complexity index is 735. The maximum atomic E-state index is 5.36. The predicted molar refractivity (Wildman–Crippen MR) is 84.1 cm³/mol. The van der Waals surface area contributed by atoms with Gasteiger partial charge >= 0.3 is 0 Å². The number of hydrogen-bond acceptors (Lipinski definition) is 5. The van der Waals surface area contributed by atoms with E-state index in [4.69, 9.17) is 9.47 Å². The fraction of sp³-hybridized carbons (Fsp3) is 0.267. The number of para-hydroxylation sites is 1. The van der Waals surface area contributed by atoms with Crippen LogP contribution >= 0.6 is 11.3 Å². The van der Waals surface area contributed by atoms with Gasteiger partial charge in [0.15, 0.2) is 4.96 Å². The van der Waals surface area contributed by atoms with Gasteiger partial charge in [0.05, 0.1) is 20.3 Å². The van der Waals surface area contributed by atoms with E-state index >= 15 is 0 Å². The van der Waals surface area contributed by atoms with E-state index in [-0.39, 0.29) is 0 Å². The minimum absolute atomic E-state index is 0.584. The molecular weight excluding hydrogens is 286 g/mol. The maximum Gasteiger partial charge on any atom is 0.238 e. The van der Waals surface area contributed by atoms with E-state index in [1.807, 2.05) is 29.8 Å². The first-order valence-corrected chi connectivity index (χ1v) is 7.50. The quantitative estimate of drug-likeness (QED) is 0.760.